The molecule has 2 heterocycles. The van der Waals surface area contributed by atoms with Crippen LogP contribution in [0.2, 0.25) is 10.0 Å². The van der Waals surface area contributed by atoms with E-state index in [4.69, 9.17) is 23.2 Å². The van der Waals surface area contributed by atoms with E-state index in [2.05, 4.69) is 26.2 Å². The number of carbonyl (C=O) groups is 3. The minimum atomic E-state index is -1.59. The molecule has 0 unspecified atom stereocenters. The van der Waals surface area contributed by atoms with E-state index < -0.39 is 23.3 Å². The lowest BCUT2D eigenvalue weighted by Crippen LogP contribution is -2.65. The highest BCUT2D eigenvalue weighted by atomic mass is 79.9. The Morgan fingerprint density at radius 2 is 1.73 bits per heavy atom. The maximum atomic E-state index is 13.9. The lowest BCUT2D eigenvalue weighted by atomic mass is 9.74. The summed E-state index contributed by atoms with van der Waals surface area (Å²) >= 11 is 16.0. The maximum absolute atomic E-state index is 13.9. The lowest BCUT2D eigenvalue weighted by Gasteiger charge is -2.39. The van der Waals surface area contributed by atoms with Crippen molar-refractivity contribution >= 4 is 62.7 Å². The Kier molecular flexibility index (Phi) is 6.83. The van der Waals surface area contributed by atoms with E-state index in [1.54, 1.807) is 54.7 Å². The molecule has 1 atom stereocenters. The molecule has 0 bridgehead atoms. The number of hydrogen-bond donors (Lipinski definition) is 1. The molecule has 1 aliphatic rings. The molecule has 0 aliphatic carbocycles. The van der Waals surface area contributed by atoms with Crippen molar-refractivity contribution in [3.05, 3.63) is 92.6 Å². The van der Waals surface area contributed by atoms with Gasteiger partial charge < -0.3 is 0 Å². The molecule has 1 aliphatic heterocycles. The Morgan fingerprint density at radius 3 is 2.42 bits per heavy atom. The molecule has 2 aromatic carbocycles. The number of amides is 4. The van der Waals surface area contributed by atoms with Crippen LogP contribution in [0.5, 0.6) is 0 Å². The summed E-state index contributed by atoms with van der Waals surface area (Å²) in [4.78, 5) is 45.3. The number of nitrogens with zero attached hydrogens (tertiary/aromatic N) is 2. The van der Waals surface area contributed by atoms with Gasteiger partial charge in [-0.25, -0.2) is 9.69 Å². The van der Waals surface area contributed by atoms with Crippen molar-refractivity contribution in [3.8, 4) is 0 Å². The quantitative estimate of drug-likeness (QED) is 0.408. The average Bonchev–Trinajstić information content (AvgIpc) is 2.80. The number of anilines is 1. The Hall–Kier alpha value is -2.74. The molecule has 4 rings (SSSR count). The van der Waals surface area contributed by atoms with Crippen LogP contribution in [0.4, 0.5) is 10.5 Å². The first kappa shape index (κ1) is 23.4. The SMILES string of the molecule is O=C1NC(=O)[C@](CCc2ccccn2)(Cc2cccc(Cl)c2Cl)C(=O)N1c1ccc(Br)cc1. The first-order valence-electron chi connectivity index (χ1n) is 10.1. The predicted octanol–water partition coefficient (Wildman–Crippen LogP) is 5.60. The van der Waals surface area contributed by atoms with Crippen LogP contribution < -0.4 is 10.2 Å². The number of urea groups is 1. The van der Waals surface area contributed by atoms with Crippen molar-refractivity contribution in [2.45, 2.75) is 19.3 Å². The van der Waals surface area contributed by atoms with Gasteiger partial charge in [0.15, 0.2) is 0 Å². The number of nitrogens with one attached hydrogen (secondary N) is 1. The molecule has 1 fully saturated rings. The van der Waals surface area contributed by atoms with Crippen LogP contribution in [-0.4, -0.2) is 22.8 Å². The van der Waals surface area contributed by atoms with Crippen molar-refractivity contribution in [2.24, 2.45) is 5.41 Å². The third-order valence-electron chi connectivity index (χ3n) is 5.61. The summed E-state index contributed by atoms with van der Waals surface area (Å²) in [6, 6.07) is 16.4. The number of aryl methyl sites for hydroxylation is 1. The van der Waals surface area contributed by atoms with Gasteiger partial charge in [-0.3, -0.25) is 19.9 Å². The lowest BCUT2D eigenvalue weighted by molar-refractivity contribution is -0.143. The van der Waals surface area contributed by atoms with Crippen LogP contribution in [0, 0.1) is 5.41 Å². The normalized spacial score (nSPS) is 18.4. The Morgan fingerprint density at radius 1 is 0.970 bits per heavy atom. The van der Waals surface area contributed by atoms with Crippen molar-refractivity contribution in [3.63, 3.8) is 0 Å². The van der Waals surface area contributed by atoms with E-state index >= 15 is 0 Å². The summed E-state index contributed by atoms with van der Waals surface area (Å²) in [6.45, 7) is 0. The third-order valence-corrected chi connectivity index (χ3v) is 7.00. The molecule has 6 nitrogen and oxygen atoms in total. The third kappa shape index (κ3) is 4.67. The van der Waals surface area contributed by atoms with Crippen molar-refractivity contribution < 1.29 is 14.4 Å². The summed E-state index contributed by atoms with van der Waals surface area (Å²) in [5.74, 6) is -1.29. The summed E-state index contributed by atoms with van der Waals surface area (Å²) in [5.41, 5.74) is 0.0282. The number of hydrogen-bond acceptors (Lipinski definition) is 4. The van der Waals surface area contributed by atoms with Gasteiger partial charge in [0, 0.05) is 16.4 Å². The van der Waals surface area contributed by atoms with Gasteiger partial charge in [-0.15, -0.1) is 0 Å². The number of imide groups is 2. The van der Waals surface area contributed by atoms with Crippen LogP contribution >= 0.6 is 39.1 Å². The van der Waals surface area contributed by atoms with Crippen LogP contribution in [0.25, 0.3) is 0 Å². The molecule has 4 amide bonds. The molecule has 0 radical (unpaired) electrons. The number of aromatic nitrogens is 1. The minimum Gasteiger partial charge on any atom is -0.276 e. The molecule has 3 aromatic rings. The molecule has 0 spiro atoms. The number of benzene rings is 2. The number of rotatable bonds is 6. The van der Waals surface area contributed by atoms with Crippen molar-refractivity contribution in [1.29, 1.82) is 0 Å². The minimum absolute atomic E-state index is 0.0236. The second-order valence-electron chi connectivity index (χ2n) is 7.67. The van der Waals surface area contributed by atoms with Gasteiger partial charge in [0.05, 0.1) is 15.7 Å². The highest BCUT2D eigenvalue weighted by molar-refractivity contribution is 9.10. The summed E-state index contributed by atoms with van der Waals surface area (Å²) < 4.78 is 0.791. The highest BCUT2D eigenvalue weighted by Gasteiger charge is 2.54. The van der Waals surface area contributed by atoms with E-state index in [9.17, 15) is 14.4 Å². The average molecular weight is 547 g/mol. The fraction of sp³-hybridized carbons (Fsp3) is 0.167. The zero-order valence-electron chi connectivity index (χ0n) is 17.2. The van der Waals surface area contributed by atoms with Gasteiger partial charge in [0.1, 0.15) is 5.41 Å². The zero-order valence-corrected chi connectivity index (χ0v) is 20.3. The zero-order chi connectivity index (χ0) is 23.6. The van der Waals surface area contributed by atoms with Gasteiger partial charge >= 0.3 is 6.03 Å². The highest BCUT2D eigenvalue weighted by Crippen LogP contribution is 2.39. The van der Waals surface area contributed by atoms with Crippen LogP contribution in [-0.2, 0) is 22.4 Å². The number of halogens is 3. The smallest absolute Gasteiger partial charge is 0.276 e. The maximum Gasteiger partial charge on any atom is 0.335 e. The topological polar surface area (TPSA) is 79.4 Å². The second kappa shape index (κ2) is 9.63. The molecule has 0 saturated carbocycles. The van der Waals surface area contributed by atoms with Gasteiger partial charge in [0.25, 0.3) is 5.91 Å². The molecule has 1 N–H and O–H groups in total. The molecular weight excluding hydrogens is 529 g/mol. The molecule has 9 heteroatoms. The van der Waals surface area contributed by atoms with Crippen LogP contribution in [0.15, 0.2) is 71.3 Å². The van der Waals surface area contributed by atoms with E-state index in [1.807, 2.05) is 12.1 Å². The van der Waals surface area contributed by atoms with Crippen LogP contribution in [0.1, 0.15) is 17.7 Å². The fourth-order valence-corrected chi connectivity index (χ4v) is 4.51. The Balaban J connectivity index is 1.79. The molecule has 33 heavy (non-hydrogen) atoms. The van der Waals surface area contributed by atoms with Gasteiger partial charge in [-0.2, -0.15) is 0 Å². The monoisotopic (exact) mass is 545 g/mol. The van der Waals surface area contributed by atoms with E-state index in [0.29, 0.717) is 22.7 Å². The molecule has 168 valence electrons. The number of pyridine rings is 1. The van der Waals surface area contributed by atoms with Crippen molar-refractivity contribution in [1.82, 2.24) is 10.3 Å². The van der Waals surface area contributed by atoms with Gasteiger partial charge in [0.2, 0.25) is 5.91 Å². The first-order chi connectivity index (χ1) is 15.8. The molecular formula is C24H18BrCl2N3O3. The molecule has 1 saturated heterocycles. The fourth-order valence-electron chi connectivity index (χ4n) is 3.86. The second-order valence-corrected chi connectivity index (χ2v) is 9.37. The van der Waals surface area contributed by atoms with Crippen molar-refractivity contribution in [2.75, 3.05) is 4.90 Å². The van der Waals surface area contributed by atoms with Gasteiger partial charge in [-0.05, 0) is 67.3 Å². The van der Waals surface area contributed by atoms with E-state index in [1.165, 1.54) is 0 Å². The Labute approximate surface area is 209 Å². The van der Waals surface area contributed by atoms with E-state index in [0.717, 1.165) is 15.1 Å². The standard InChI is InChI=1S/C24H18BrCl2N3O3/c25-16-7-9-18(10-8-16)30-22(32)24(21(31)29-23(30)33,12-11-17-5-1-2-13-28-17)14-15-4-3-6-19(26)20(15)27/h1-10,13H,11-12,14H2,(H,29,31,33)/t24-/m0/s1. The Bertz CT molecular complexity index is 1220. The van der Waals surface area contributed by atoms with E-state index in [-0.39, 0.29) is 17.9 Å². The largest absolute Gasteiger partial charge is 0.335 e. The summed E-state index contributed by atoms with van der Waals surface area (Å²) in [6.07, 6.45) is 2.10. The number of carbonyl (C=O) groups excluding carboxylic acids is 3. The van der Waals surface area contributed by atoms with Crippen LogP contribution in [0.3, 0.4) is 0 Å². The molecule has 1 aromatic heterocycles. The summed E-state index contributed by atoms with van der Waals surface area (Å²) in [7, 11) is 0. The predicted molar refractivity (Wildman–Crippen MR) is 130 cm³/mol. The van der Waals surface area contributed by atoms with Gasteiger partial charge in [-0.1, -0.05) is 57.3 Å². The first-order valence-corrected chi connectivity index (χ1v) is 11.6. The summed E-state index contributed by atoms with van der Waals surface area (Å²) in [5, 5.41) is 2.96. The number of barbiturate groups is 1.